The van der Waals surface area contributed by atoms with Crippen LogP contribution in [0, 0.1) is 0 Å². The minimum atomic E-state index is -0.0263. The Morgan fingerprint density at radius 3 is 2.80 bits per heavy atom. The van der Waals surface area contributed by atoms with E-state index >= 15 is 0 Å². The molecule has 4 aromatic rings. The van der Waals surface area contributed by atoms with Crippen LogP contribution in [0.5, 0.6) is 11.5 Å². The Kier molecular flexibility index (Phi) is 4.31. The summed E-state index contributed by atoms with van der Waals surface area (Å²) in [6.45, 7) is 0. The Morgan fingerprint density at radius 2 is 2.03 bits per heavy atom. The number of benzene rings is 2. The van der Waals surface area contributed by atoms with Gasteiger partial charge >= 0.3 is 0 Å². The highest BCUT2D eigenvalue weighted by Gasteiger charge is 2.25. The van der Waals surface area contributed by atoms with Crippen molar-refractivity contribution in [3.63, 3.8) is 0 Å². The van der Waals surface area contributed by atoms with Crippen LogP contribution < -0.4 is 14.9 Å². The number of fused-ring (bicyclic) bond motifs is 2. The van der Waals surface area contributed by atoms with Crippen LogP contribution in [0.1, 0.15) is 23.3 Å². The fourth-order valence-electron chi connectivity index (χ4n) is 3.87. The molecule has 0 bridgehead atoms. The molecule has 5 rings (SSSR count). The lowest BCUT2D eigenvalue weighted by molar-refractivity contribution is 0.354. The summed E-state index contributed by atoms with van der Waals surface area (Å²) in [6.07, 6.45) is 3.33. The Balaban J connectivity index is 1.64. The number of allylic oxidation sites excluding steroid dienone is 1. The van der Waals surface area contributed by atoms with E-state index in [0.29, 0.717) is 52.5 Å². The lowest BCUT2D eigenvalue weighted by Crippen LogP contribution is -2.08. The van der Waals surface area contributed by atoms with E-state index in [1.807, 2.05) is 30.3 Å². The van der Waals surface area contributed by atoms with Gasteiger partial charge in [-0.15, -0.1) is 5.10 Å². The number of nitrogens with zero attached hydrogens (tertiary/aromatic N) is 3. The first-order chi connectivity index (χ1) is 14.7. The molecule has 8 heteroatoms. The zero-order chi connectivity index (χ0) is 20.7. The second kappa shape index (κ2) is 7.14. The number of aromatic nitrogens is 4. The maximum absolute atomic E-state index is 13.2. The first-order valence-corrected chi connectivity index (χ1v) is 9.45. The predicted octanol–water partition coefficient (Wildman–Crippen LogP) is 3.48. The van der Waals surface area contributed by atoms with Gasteiger partial charge in [-0.25, -0.2) is 5.10 Å². The minimum Gasteiger partial charge on any atom is -0.493 e. The van der Waals surface area contributed by atoms with E-state index in [1.165, 1.54) is 0 Å². The van der Waals surface area contributed by atoms with Crippen molar-refractivity contribution in [2.24, 2.45) is 0 Å². The van der Waals surface area contributed by atoms with E-state index in [1.54, 1.807) is 26.4 Å². The molecule has 1 aliphatic carbocycles. The van der Waals surface area contributed by atoms with Gasteiger partial charge in [0.2, 0.25) is 0 Å². The number of rotatable bonds is 4. The largest absolute Gasteiger partial charge is 0.493 e. The lowest BCUT2D eigenvalue weighted by Gasteiger charge is -2.11. The molecule has 0 radical (unpaired) electrons. The zero-order valence-electron chi connectivity index (χ0n) is 16.4. The molecule has 150 valence electrons. The van der Waals surface area contributed by atoms with Crippen LogP contribution in [-0.4, -0.2) is 34.8 Å². The smallest absolute Gasteiger partial charge is 0.196 e. The molecular formula is C22H18N4O4. The summed E-state index contributed by atoms with van der Waals surface area (Å²) in [5, 5.41) is 14.3. The number of H-pyrrole nitrogens is 1. The van der Waals surface area contributed by atoms with Gasteiger partial charge in [0.1, 0.15) is 11.3 Å². The van der Waals surface area contributed by atoms with E-state index in [9.17, 15) is 4.79 Å². The van der Waals surface area contributed by atoms with Crippen molar-refractivity contribution < 1.29 is 13.9 Å². The number of ether oxygens (including phenoxy) is 2. The molecule has 0 amide bonds. The normalized spacial score (nSPS) is 14.3. The van der Waals surface area contributed by atoms with E-state index in [0.717, 1.165) is 16.7 Å². The minimum absolute atomic E-state index is 0.0263. The predicted molar refractivity (Wildman–Crippen MR) is 111 cm³/mol. The van der Waals surface area contributed by atoms with Crippen LogP contribution in [-0.2, 0) is 6.42 Å². The molecule has 2 aromatic carbocycles. The van der Waals surface area contributed by atoms with Crippen molar-refractivity contribution in [3.8, 4) is 22.9 Å². The molecule has 0 saturated carbocycles. The molecule has 0 unspecified atom stereocenters. The van der Waals surface area contributed by atoms with Gasteiger partial charge in [0, 0.05) is 16.7 Å². The molecule has 30 heavy (non-hydrogen) atoms. The monoisotopic (exact) mass is 402 g/mol. The molecule has 1 aliphatic rings. The van der Waals surface area contributed by atoms with E-state index in [-0.39, 0.29) is 5.43 Å². The third-order valence-corrected chi connectivity index (χ3v) is 5.30. The molecule has 0 spiro atoms. The summed E-state index contributed by atoms with van der Waals surface area (Å²) in [6, 6.07) is 11.1. The molecule has 1 N–H and O–H groups in total. The Bertz CT molecular complexity index is 1340. The van der Waals surface area contributed by atoms with Crippen molar-refractivity contribution in [2.75, 3.05) is 14.2 Å². The summed E-state index contributed by atoms with van der Waals surface area (Å²) in [5.41, 5.74) is 3.75. The molecule has 0 saturated heterocycles. The Labute approximate surface area is 171 Å². The van der Waals surface area contributed by atoms with Crippen molar-refractivity contribution in [3.05, 3.63) is 63.5 Å². The molecular weight excluding hydrogens is 384 g/mol. The van der Waals surface area contributed by atoms with Crippen LogP contribution in [0.15, 0.2) is 45.6 Å². The maximum atomic E-state index is 13.2. The fourth-order valence-corrected chi connectivity index (χ4v) is 3.87. The quantitative estimate of drug-likeness (QED) is 0.557. The summed E-state index contributed by atoms with van der Waals surface area (Å²) in [5.74, 6) is 2.43. The number of tetrazole rings is 1. The van der Waals surface area contributed by atoms with Gasteiger partial charge in [-0.05, 0) is 59.2 Å². The second-order valence-electron chi connectivity index (χ2n) is 6.95. The Hall–Kier alpha value is -3.94. The van der Waals surface area contributed by atoms with Gasteiger partial charge < -0.3 is 13.9 Å². The fraction of sp³-hybridized carbons (Fsp3) is 0.182. The number of methoxy groups -OCH3 is 2. The van der Waals surface area contributed by atoms with Gasteiger partial charge in [0.15, 0.2) is 22.8 Å². The number of hydrogen-bond donors (Lipinski definition) is 1. The number of nitrogens with one attached hydrogen (secondary N) is 1. The molecule has 2 heterocycles. The standard InChI is InChI=1S/C22H18N4O4/c1-28-18-5-3-4-12(21(18)29-2)10-13-6-8-15-19(27)16-11-14(22-23-25-26-24-22)7-9-17(16)30-20(13)15/h3-5,7,9-11H,6,8H2,1-2H3,(H,23,24,25,26). The van der Waals surface area contributed by atoms with Gasteiger partial charge in [-0.2, -0.15) is 0 Å². The summed E-state index contributed by atoms with van der Waals surface area (Å²) in [7, 11) is 3.21. The third kappa shape index (κ3) is 2.85. The second-order valence-corrected chi connectivity index (χ2v) is 6.95. The van der Waals surface area contributed by atoms with Crippen LogP contribution in [0.2, 0.25) is 0 Å². The van der Waals surface area contributed by atoms with Crippen molar-refractivity contribution in [1.82, 2.24) is 20.6 Å². The summed E-state index contributed by atoms with van der Waals surface area (Å²) < 4.78 is 17.1. The molecule has 0 fully saturated rings. The van der Waals surface area contributed by atoms with Crippen molar-refractivity contribution >= 4 is 22.6 Å². The van der Waals surface area contributed by atoms with Gasteiger partial charge in [0.25, 0.3) is 0 Å². The highest BCUT2D eigenvalue weighted by atomic mass is 16.5. The van der Waals surface area contributed by atoms with Crippen LogP contribution in [0.3, 0.4) is 0 Å². The number of aromatic amines is 1. The highest BCUT2D eigenvalue weighted by Crippen LogP contribution is 2.38. The van der Waals surface area contributed by atoms with Gasteiger partial charge in [-0.3, -0.25) is 4.79 Å². The van der Waals surface area contributed by atoms with Gasteiger partial charge in [-0.1, -0.05) is 12.1 Å². The van der Waals surface area contributed by atoms with E-state index in [4.69, 9.17) is 13.9 Å². The van der Waals surface area contributed by atoms with Crippen molar-refractivity contribution in [2.45, 2.75) is 12.8 Å². The number of para-hydroxylation sites is 1. The lowest BCUT2D eigenvalue weighted by atomic mass is 10.1. The molecule has 0 aliphatic heterocycles. The van der Waals surface area contributed by atoms with Crippen molar-refractivity contribution in [1.29, 1.82) is 0 Å². The highest BCUT2D eigenvalue weighted by molar-refractivity contribution is 5.89. The van der Waals surface area contributed by atoms with Crippen LogP contribution in [0.4, 0.5) is 0 Å². The topological polar surface area (TPSA) is 103 Å². The van der Waals surface area contributed by atoms with Crippen LogP contribution >= 0.6 is 0 Å². The maximum Gasteiger partial charge on any atom is 0.196 e. The van der Waals surface area contributed by atoms with E-state index in [2.05, 4.69) is 20.6 Å². The Morgan fingerprint density at radius 1 is 1.13 bits per heavy atom. The first-order valence-electron chi connectivity index (χ1n) is 9.45. The summed E-state index contributed by atoms with van der Waals surface area (Å²) in [4.78, 5) is 13.2. The average molecular weight is 402 g/mol. The average Bonchev–Trinajstić information content (AvgIpc) is 3.44. The van der Waals surface area contributed by atoms with Crippen LogP contribution in [0.25, 0.3) is 34.0 Å². The molecule has 0 atom stereocenters. The zero-order valence-corrected chi connectivity index (χ0v) is 16.4. The van der Waals surface area contributed by atoms with Gasteiger partial charge in [0.05, 0.1) is 19.6 Å². The SMILES string of the molecule is COc1cccc(C=C2CCc3c2oc2ccc(-c4nnn[nH]4)cc2c3=O)c1OC. The molecule has 8 nitrogen and oxygen atoms in total. The molecule has 2 aromatic heterocycles. The first kappa shape index (κ1) is 18.1. The van der Waals surface area contributed by atoms with E-state index < -0.39 is 0 Å². The summed E-state index contributed by atoms with van der Waals surface area (Å²) >= 11 is 0. The third-order valence-electron chi connectivity index (χ3n) is 5.30. The number of hydrogen-bond acceptors (Lipinski definition) is 7.